The van der Waals surface area contributed by atoms with Gasteiger partial charge in [0.1, 0.15) is 12.4 Å². The maximum atomic E-state index is 6.10. The standard InChI is InChI=1S/C21H23NO2/c1-3-10-23-16-6-4-5-15(13-16)20-17-9-11-24-21(17)18-12-14(2)7-8-19(18)22-20/h3-8,12-13,17,20-22H,1,9-11H2,2H3/t17-,20-,21-/m0/s1. The molecule has 1 saturated heterocycles. The van der Waals surface area contributed by atoms with Crippen LogP contribution < -0.4 is 10.1 Å². The Morgan fingerprint density at radius 1 is 1.29 bits per heavy atom. The fraction of sp³-hybridized carbons (Fsp3) is 0.333. The summed E-state index contributed by atoms with van der Waals surface area (Å²) in [5.41, 5.74) is 5.02. The number of hydrogen-bond acceptors (Lipinski definition) is 3. The van der Waals surface area contributed by atoms with Crippen LogP contribution in [0.25, 0.3) is 0 Å². The van der Waals surface area contributed by atoms with Crippen LogP contribution in [0.5, 0.6) is 5.75 Å². The molecule has 4 rings (SSSR count). The van der Waals surface area contributed by atoms with Crippen LogP contribution in [0.4, 0.5) is 5.69 Å². The summed E-state index contributed by atoms with van der Waals surface area (Å²) in [7, 11) is 0. The minimum atomic E-state index is 0.184. The van der Waals surface area contributed by atoms with Crippen molar-refractivity contribution in [2.75, 3.05) is 18.5 Å². The molecule has 0 aromatic heterocycles. The van der Waals surface area contributed by atoms with E-state index in [4.69, 9.17) is 9.47 Å². The number of benzene rings is 2. The second-order valence-electron chi connectivity index (χ2n) is 6.63. The van der Waals surface area contributed by atoms with Crippen LogP contribution in [0.3, 0.4) is 0 Å². The summed E-state index contributed by atoms with van der Waals surface area (Å²) >= 11 is 0. The largest absolute Gasteiger partial charge is 0.490 e. The zero-order valence-corrected chi connectivity index (χ0v) is 14.0. The normalized spacial score (nSPS) is 24.6. The average Bonchev–Trinajstić information content (AvgIpc) is 3.09. The van der Waals surface area contributed by atoms with E-state index in [-0.39, 0.29) is 12.1 Å². The Labute approximate surface area is 143 Å². The molecule has 24 heavy (non-hydrogen) atoms. The van der Waals surface area contributed by atoms with Gasteiger partial charge in [0.25, 0.3) is 0 Å². The summed E-state index contributed by atoms with van der Waals surface area (Å²) in [5, 5.41) is 3.74. The van der Waals surface area contributed by atoms with Gasteiger partial charge in [0.15, 0.2) is 0 Å². The zero-order chi connectivity index (χ0) is 16.5. The molecule has 2 aromatic rings. The van der Waals surface area contributed by atoms with Gasteiger partial charge in [-0.3, -0.25) is 0 Å². The summed E-state index contributed by atoms with van der Waals surface area (Å²) in [6.45, 7) is 7.20. The molecular weight excluding hydrogens is 298 g/mol. The Kier molecular flexibility index (Phi) is 4.03. The van der Waals surface area contributed by atoms with Gasteiger partial charge in [-0.15, -0.1) is 0 Å². The van der Waals surface area contributed by atoms with E-state index in [1.807, 2.05) is 6.07 Å². The van der Waals surface area contributed by atoms with E-state index in [9.17, 15) is 0 Å². The summed E-state index contributed by atoms with van der Waals surface area (Å²) in [4.78, 5) is 0. The highest BCUT2D eigenvalue weighted by atomic mass is 16.5. The minimum Gasteiger partial charge on any atom is -0.490 e. The molecule has 0 aliphatic carbocycles. The van der Waals surface area contributed by atoms with Crippen LogP contribution in [-0.2, 0) is 4.74 Å². The first-order valence-electron chi connectivity index (χ1n) is 8.58. The van der Waals surface area contributed by atoms with Gasteiger partial charge < -0.3 is 14.8 Å². The lowest BCUT2D eigenvalue weighted by Gasteiger charge is -2.36. The number of anilines is 1. The van der Waals surface area contributed by atoms with Gasteiger partial charge in [-0.2, -0.15) is 0 Å². The minimum absolute atomic E-state index is 0.184. The molecule has 2 aliphatic heterocycles. The van der Waals surface area contributed by atoms with E-state index in [0.717, 1.165) is 18.8 Å². The Morgan fingerprint density at radius 2 is 2.21 bits per heavy atom. The van der Waals surface area contributed by atoms with Crippen molar-refractivity contribution >= 4 is 5.69 Å². The lowest BCUT2D eigenvalue weighted by atomic mass is 9.80. The first-order chi connectivity index (χ1) is 11.8. The van der Waals surface area contributed by atoms with Crippen molar-refractivity contribution in [2.45, 2.75) is 25.5 Å². The van der Waals surface area contributed by atoms with Crippen molar-refractivity contribution in [1.29, 1.82) is 0 Å². The second kappa shape index (κ2) is 6.33. The molecule has 3 atom stereocenters. The molecule has 1 fully saturated rings. The van der Waals surface area contributed by atoms with Gasteiger partial charge in [0.2, 0.25) is 0 Å². The number of hydrogen-bond donors (Lipinski definition) is 1. The first-order valence-corrected chi connectivity index (χ1v) is 8.58. The number of ether oxygens (including phenoxy) is 2. The van der Waals surface area contributed by atoms with Crippen LogP contribution in [0.1, 0.15) is 35.3 Å². The van der Waals surface area contributed by atoms with E-state index in [1.165, 1.54) is 22.4 Å². The number of aryl methyl sites for hydroxylation is 1. The molecule has 0 unspecified atom stereocenters. The summed E-state index contributed by atoms with van der Waals surface area (Å²) < 4.78 is 11.8. The third-order valence-corrected chi connectivity index (χ3v) is 4.98. The lowest BCUT2D eigenvalue weighted by molar-refractivity contribution is 0.0828. The Hall–Kier alpha value is -2.26. The van der Waals surface area contributed by atoms with Gasteiger partial charge in [-0.05, 0) is 37.1 Å². The Bertz CT molecular complexity index is 755. The number of fused-ring (bicyclic) bond motifs is 3. The summed E-state index contributed by atoms with van der Waals surface area (Å²) in [5.74, 6) is 1.34. The van der Waals surface area contributed by atoms with Gasteiger partial charge in [0, 0.05) is 23.8 Å². The van der Waals surface area contributed by atoms with E-state index in [0.29, 0.717) is 12.5 Å². The molecule has 2 aromatic carbocycles. The van der Waals surface area contributed by atoms with Gasteiger partial charge in [-0.25, -0.2) is 0 Å². The summed E-state index contributed by atoms with van der Waals surface area (Å²) in [6, 6.07) is 15.2. The smallest absolute Gasteiger partial charge is 0.120 e. The van der Waals surface area contributed by atoms with Gasteiger partial charge in [0.05, 0.1) is 12.1 Å². The van der Waals surface area contributed by atoms with E-state index in [1.54, 1.807) is 6.08 Å². The quantitative estimate of drug-likeness (QED) is 0.820. The van der Waals surface area contributed by atoms with Crippen molar-refractivity contribution in [3.05, 3.63) is 71.8 Å². The fourth-order valence-electron chi connectivity index (χ4n) is 3.87. The highest BCUT2D eigenvalue weighted by Gasteiger charge is 2.41. The van der Waals surface area contributed by atoms with E-state index >= 15 is 0 Å². The number of nitrogens with one attached hydrogen (secondary N) is 1. The molecule has 0 spiro atoms. The fourth-order valence-corrected chi connectivity index (χ4v) is 3.87. The van der Waals surface area contributed by atoms with Gasteiger partial charge in [-0.1, -0.05) is 42.5 Å². The molecule has 2 heterocycles. The molecule has 0 radical (unpaired) electrons. The van der Waals surface area contributed by atoms with Crippen LogP contribution >= 0.6 is 0 Å². The Balaban J connectivity index is 1.69. The maximum Gasteiger partial charge on any atom is 0.120 e. The second-order valence-corrected chi connectivity index (χ2v) is 6.63. The van der Waals surface area contributed by atoms with Crippen LogP contribution in [-0.4, -0.2) is 13.2 Å². The molecule has 0 bridgehead atoms. The molecular formula is C21H23NO2. The lowest BCUT2D eigenvalue weighted by Crippen LogP contribution is -2.29. The van der Waals surface area contributed by atoms with Crippen molar-refractivity contribution in [1.82, 2.24) is 0 Å². The molecule has 0 saturated carbocycles. The molecule has 3 heteroatoms. The Morgan fingerprint density at radius 3 is 3.08 bits per heavy atom. The van der Waals surface area contributed by atoms with Crippen LogP contribution in [0.15, 0.2) is 55.1 Å². The molecule has 124 valence electrons. The number of rotatable bonds is 4. The molecule has 2 aliphatic rings. The molecule has 0 amide bonds. The van der Waals surface area contributed by atoms with Crippen molar-refractivity contribution in [3.63, 3.8) is 0 Å². The van der Waals surface area contributed by atoms with Crippen LogP contribution in [0, 0.1) is 12.8 Å². The van der Waals surface area contributed by atoms with Crippen LogP contribution in [0.2, 0.25) is 0 Å². The van der Waals surface area contributed by atoms with Crippen molar-refractivity contribution in [3.8, 4) is 5.75 Å². The van der Waals surface area contributed by atoms with Crippen molar-refractivity contribution in [2.24, 2.45) is 5.92 Å². The van der Waals surface area contributed by atoms with E-state index in [2.05, 4.69) is 55.2 Å². The molecule has 1 N–H and O–H groups in total. The SMILES string of the molecule is C=CCOc1cccc([C@@H]2Nc3ccc(C)cc3[C@H]3OCC[C@H]32)c1. The topological polar surface area (TPSA) is 30.5 Å². The van der Waals surface area contributed by atoms with Crippen molar-refractivity contribution < 1.29 is 9.47 Å². The zero-order valence-electron chi connectivity index (χ0n) is 14.0. The third-order valence-electron chi connectivity index (χ3n) is 4.98. The maximum absolute atomic E-state index is 6.10. The predicted molar refractivity (Wildman–Crippen MR) is 96.5 cm³/mol. The summed E-state index contributed by atoms with van der Waals surface area (Å²) in [6.07, 6.45) is 3.03. The third kappa shape index (κ3) is 2.69. The molecule has 3 nitrogen and oxygen atoms in total. The first kappa shape index (κ1) is 15.3. The van der Waals surface area contributed by atoms with E-state index < -0.39 is 0 Å². The highest BCUT2D eigenvalue weighted by Crippen LogP contribution is 2.50. The predicted octanol–water partition coefficient (Wildman–Crippen LogP) is 4.80. The highest BCUT2D eigenvalue weighted by molar-refractivity contribution is 5.58. The monoisotopic (exact) mass is 321 g/mol. The van der Waals surface area contributed by atoms with Gasteiger partial charge >= 0.3 is 0 Å². The average molecular weight is 321 g/mol.